The number of hydrogen-bond donors (Lipinski definition) is 2. The van der Waals surface area contributed by atoms with Gasteiger partial charge in [-0.1, -0.05) is 6.07 Å². The van der Waals surface area contributed by atoms with Gasteiger partial charge in [0.2, 0.25) is 0 Å². The Balaban J connectivity index is 1.65. The second-order valence-corrected chi connectivity index (χ2v) is 7.06. The molecule has 0 radical (unpaired) electrons. The number of methoxy groups -OCH3 is 1. The number of nitrogens with one attached hydrogen (secondary N) is 2. The fourth-order valence-corrected chi connectivity index (χ4v) is 3.38. The number of alkyl halides is 3. The number of pyridine rings is 2. The molecule has 1 aromatic carbocycles. The molecule has 2 aromatic heterocycles. The fraction of sp³-hybridized carbons (Fsp3) is 0.273. The molecule has 0 amide bonds. The van der Waals surface area contributed by atoms with Gasteiger partial charge in [-0.15, -0.1) is 0 Å². The van der Waals surface area contributed by atoms with Gasteiger partial charge in [-0.2, -0.15) is 13.2 Å². The third-order valence-corrected chi connectivity index (χ3v) is 4.96. The molecule has 7 nitrogen and oxygen atoms in total. The molecule has 0 bridgehead atoms. The zero-order valence-corrected chi connectivity index (χ0v) is 17.3. The van der Waals surface area contributed by atoms with E-state index in [1.807, 2.05) is 18.2 Å². The van der Waals surface area contributed by atoms with Gasteiger partial charge < -0.3 is 25.0 Å². The molecule has 3 aromatic rings. The van der Waals surface area contributed by atoms with Crippen LogP contribution in [-0.4, -0.2) is 43.4 Å². The van der Waals surface area contributed by atoms with Crippen molar-refractivity contribution in [1.29, 1.82) is 0 Å². The lowest BCUT2D eigenvalue weighted by atomic mass is 10.2. The van der Waals surface area contributed by atoms with Crippen molar-refractivity contribution in [3.8, 4) is 5.75 Å². The van der Waals surface area contributed by atoms with E-state index >= 15 is 0 Å². The summed E-state index contributed by atoms with van der Waals surface area (Å²) >= 11 is 0. The van der Waals surface area contributed by atoms with E-state index in [0.29, 0.717) is 30.5 Å². The number of anilines is 5. The molecular weight excluding hydrogens is 423 g/mol. The highest BCUT2D eigenvalue weighted by Crippen LogP contribution is 2.38. The number of benzene rings is 1. The van der Waals surface area contributed by atoms with Crippen LogP contribution in [0.3, 0.4) is 0 Å². The predicted molar refractivity (Wildman–Crippen MR) is 116 cm³/mol. The van der Waals surface area contributed by atoms with Crippen LogP contribution >= 0.6 is 0 Å². The SMILES string of the molecule is COc1ccc(N2CCOCC2)cc1Nc1cc(Nc2ccccn2)c(C(F)(F)F)cn1. The van der Waals surface area contributed by atoms with E-state index in [-0.39, 0.29) is 11.5 Å². The van der Waals surface area contributed by atoms with Crippen molar-refractivity contribution in [2.45, 2.75) is 6.18 Å². The molecule has 0 unspecified atom stereocenters. The molecule has 3 heterocycles. The minimum atomic E-state index is -4.57. The Kier molecular flexibility index (Phi) is 6.31. The molecule has 1 saturated heterocycles. The van der Waals surface area contributed by atoms with Gasteiger partial charge in [0.1, 0.15) is 17.4 Å². The highest BCUT2D eigenvalue weighted by Gasteiger charge is 2.34. The van der Waals surface area contributed by atoms with Crippen molar-refractivity contribution in [2.24, 2.45) is 0 Å². The number of nitrogens with zero attached hydrogens (tertiary/aromatic N) is 3. The average Bonchev–Trinajstić information content (AvgIpc) is 2.80. The summed E-state index contributed by atoms with van der Waals surface area (Å²) < 4.78 is 51.4. The van der Waals surface area contributed by atoms with Crippen LogP contribution in [0.4, 0.5) is 41.9 Å². The lowest BCUT2D eigenvalue weighted by Crippen LogP contribution is -2.36. The fourth-order valence-electron chi connectivity index (χ4n) is 3.38. The number of morpholine rings is 1. The summed E-state index contributed by atoms with van der Waals surface area (Å²) in [7, 11) is 1.53. The maximum atomic E-state index is 13.5. The molecule has 0 aliphatic carbocycles. The second-order valence-electron chi connectivity index (χ2n) is 7.06. The first-order valence-electron chi connectivity index (χ1n) is 9.97. The first-order chi connectivity index (χ1) is 15.4. The van der Waals surface area contributed by atoms with E-state index in [2.05, 4.69) is 25.5 Å². The summed E-state index contributed by atoms with van der Waals surface area (Å²) in [6, 6.07) is 11.9. The summed E-state index contributed by atoms with van der Waals surface area (Å²) in [4.78, 5) is 10.2. The minimum Gasteiger partial charge on any atom is -0.495 e. The van der Waals surface area contributed by atoms with E-state index in [0.717, 1.165) is 25.0 Å². The van der Waals surface area contributed by atoms with E-state index in [1.54, 1.807) is 18.2 Å². The van der Waals surface area contributed by atoms with Gasteiger partial charge in [-0.25, -0.2) is 9.97 Å². The van der Waals surface area contributed by atoms with Crippen LogP contribution in [0.5, 0.6) is 5.75 Å². The number of hydrogen-bond acceptors (Lipinski definition) is 7. The van der Waals surface area contributed by atoms with E-state index < -0.39 is 11.7 Å². The molecule has 4 rings (SSSR count). The number of halogens is 3. The van der Waals surface area contributed by atoms with Gasteiger partial charge in [0.05, 0.1) is 37.3 Å². The first-order valence-corrected chi connectivity index (χ1v) is 9.97. The van der Waals surface area contributed by atoms with Crippen molar-refractivity contribution in [2.75, 3.05) is 48.9 Å². The van der Waals surface area contributed by atoms with Crippen LogP contribution in [0.15, 0.2) is 54.9 Å². The quantitative estimate of drug-likeness (QED) is 0.563. The van der Waals surface area contributed by atoms with E-state index in [4.69, 9.17) is 9.47 Å². The van der Waals surface area contributed by atoms with Gasteiger partial charge in [0.15, 0.2) is 0 Å². The third-order valence-electron chi connectivity index (χ3n) is 4.96. The van der Waals surface area contributed by atoms with Crippen molar-refractivity contribution in [3.63, 3.8) is 0 Å². The van der Waals surface area contributed by atoms with Gasteiger partial charge in [0.25, 0.3) is 0 Å². The molecule has 1 aliphatic heterocycles. The molecular formula is C22H22F3N5O2. The molecule has 0 saturated carbocycles. The molecule has 10 heteroatoms. The van der Waals surface area contributed by atoms with Gasteiger partial charge in [0, 0.05) is 37.2 Å². The third kappa shape index (κ3) is 5.02. The van der Waals surface area contributed by atoms with Crippen LogP contribution in [0.1, 0.15) is 5.56 Å². The number of ether oxygens (including phenoxy) is 2. The van der Waals surface area contributed by atoms with Crippen molar-refractivity contribution in [3.05, 3.63) is 60.4 Å². The summed E-state index contributed by atoms with van der Waals surface area (Å²) in [6.07, 6.45) is -2.28. The van der Waals surface area contributed by atoms with Crippen molar-refractivity contribution < 1.29 is 22.6 Å². The lowest BCUT2D eigenvalue weighted by Gasteiger charge is -2.29. The summed E-state index contributed by atoms with van der Waals surface area (Å²) in [5.74, 6) is 1.07. The van der Waals surface area contributed by atoms with Gasteiger partial charge in [-0.05, 0) is 30.3 Å². The van der Waals surface area contributed by atoms with Crippen LogP contribution < -0.4 is 20.3 Å². The zero-order valence-electron chi connectivity index (χ0n) is 17.3. The highest BCUT2D eigenvalue weighted by atomic mass is 19.4. The monoisotopic (exact) mass is 445 g/mol. The Morgan fingerprint density at radius 2 is 1.75 bits per heavy atom. The zero-order chi connectivity index (χ0) is 22.6. The molecule has 0 atom stereocenters. The Bertz CT molecular complexity index is 1060. The smallest absolute Gasteiger partial charge is 0.419 e. The minimum absolute atomic E-state index is 0.156. The maximum Gasteiger partial charge on any atom is 0.419 e. The lowest BCUT2D eigenvalue weighted by molar-refractivity contribution is -0.137. The highest BCUT2D eigenvalue weighted by molar-refractivity contribution is 5.73. The Hall–Kier alpha value is -3.53. The number of rotatable bonds is 6. The van der Waals surface area contributed by atoms with E-state index in [9.17, 15) is 13.2 Å². The van der Waals surface area contributed by atoms with Crippen LogP contribution in [-0.2, 0) is 10.9 Å². The second kappa shape index (κ2) is 9.31. The Morgan fingerprint density at radius 3 is 2.44 bits per heavy atom. The maximum absolute atomic E-state index is 13.5. The standard InChI is InChI=1S/C22H22F3N5O2/c1-31-19-6-5-15(30-8-10-32-11-9-30)12-18(19)29-21-13-17(16(14-27-21)22(23,24)25)28-20-4-2-3-7-26-20/h2-7,12-14H,8-11H2,1H3,(H2,26,27,28,29). The molecule has 1 fully saturated rings. The molecule has 1 aliphatic rings. The summed E-state index contributed by atoms with van der Waals surface area (Å²) in [5.41, 5.74) is 0.502. The molecule has 2 N–H and O–H groups in total. The largest absolute Gasteiger partial charge is 0.495 e. The first kappa shape index (κ1) is 21.7. The Labute approximate surface area is 183 Å². The summed E-state index contributed by atoms with van der Waals surface area (Å²) in [6.45, 7) is 2.78. The van der Waals surface area contributed by atoms with Crippen LogP contribution in [0, 0.1) is 0 Å². The molecule has 32 heavy (non-hydrogen) atoms. The summed E-state index contributed by atoms with van der Waals surface area (Å²) in [5, 5.41) is 5.82. The van der Waals surface area contributed by atoms with Crippen molar-refractivity contribution in [1.82, 2.24) is 9.97 Å². The molecule has 0 spiro atoms. The van der Waals surface area contributed by atoms with Crippen LogP contribution in [0.25, 0.3) is 0 Å². The normalized spacial score (nSPS) is 14.2. The predicted octanol–water partition coefficient (Wildman–Crippen LogP) is 4.83. The van der Waals surface area contributed by atoms with E-state index in [1.165, 1.54) is 19.4 Å². The molecule has 168 valence electrons. The Morgan fingerprint density at radius 1 is 0.969 bits per heavy atom. The van der Waals surface area contributed by atoms with Crippen LogP contribution in [0.2, 0.25) is 0 Å². The average molecular weight is 445 g/mol. The van der Waals surface area contributed by atoms with Crippen molar-refractivity contribution >= 4 is 28.7 Å². The van der Waals surface area contributed by atoms with Gasteiger partial charge >= 0.3 is 6.18 Å². The van der Waals surface area contributed by atoms with Gasteiger partial charge in [-0.3, -0.25) is 0 Å². The topological polar surface area (TPSA) is 71.5 Å². The number of aromatic nitrogens is 2.